The largest absolute Gasteiger partial charge is 0.573 e. The van der Waals surface area contributed by atoms with E-state index in [4.69, 9.17) is 0 Å². The number of halogens is 3. The molecule has 1 saturated carbocycles. The lowest BCUT2D eigenvalue weighted by molar-refractivity contribution is -0.274. The van der Waals surface area contributed by atoms with Crippen LogP contribution in [0, 0.1) is 0 Å². The van der Waals surface area contributed by atoms with Crippen LogP contribution in [0.1, 0.15) is 30.7 Å². The zero-order valence-corrected chi connectivity index (χ0v) is 8.05. The Morgan fingerprint density at radius 2 is 1.93 bits per heavy atom. The molecule has 0 spiro atoms. The van der Waals surface area contributed by atoms with E-state index in [2.05, 4.69) is 4.74 Å². The lowest BCUT2D eigenvalue weighted by atomic mass is 9.80. The van der Waals surface area contributed by atoms with Gasteiger partial charge in [0.2, 0.25) is 0 Å². The molecular weight excluding hydrogens is 205 g/mol. The molecule has 2 rings (SSSR count). The monoisotopic (exact) mass is 216 g/mol. The summed E-state index contributed by atoms with van der Waals surface area (Å²) < 4.78 is 39.7. The van der Waals surface area contributed by atoms with Gasteiger partial charge in [-0.25, -0.2) is 0 Å². The highest BCUT2D eigenvalue weighted by Crippen LogP contribution is 2.37. The van der Waals surface area contributed by atoms with Crippen molar-refractivity contribution in [3.63, 3.8) is 0 Å². The summed E-state index contributed by atoms with van der Waals surface area (Å²) in [4.78, 5) is 0. The molecule has 1 fully saturated rings. The van der Waals surface area contributed by atoms with Gasteiger partial charge in [-0.15, -0.1) is 13.2 Å². The summed E-state index contributed by atoms with van der Waals surface area (Å²) in [5.41, 5.74) is 0.947. The molecule has 0 N–H and O–H groups in total. The van der Waals surface area contributed by atoms with Crippen molar-refractivity contribution in [2.45, 2.75) is 31.5 Å². The smallest absolute Gasteiger partial charge is 0.406 e. The number of benzene rings is 1. The first-order valence-corrected chi connectivity index (χ1v) is 4.90. The van der Waals surface area contributed by atoms with Gasteiger partial charge in [0.15, 0.2) is 0 Å². The minimum Gasteiger partial charge on any atom is -0.406 e. The van der Waals surface area contributed by atoms with Crippen molar-refractivity contribution in [3.05, 3.63) is 29.8 Å². The van der Waals surface area contributed by atoms with E-state index >= 15 is 0 Å². The van der Waals surface area contributed by atoms with Gasteiger partial charge < -0.3 is 4.74 Å². The molecule has 1 aromatic carbocycles. The maximum atomic E-state index is 11.9. The van der Waals surface area contributed by atoms with E-state index < -0.39 is 6.36 Å². The number of alkyl halides is 3. The van der Waals surface area contributed by atoms with E-state index in [1.165, 1.54) is 12.1 Å². The Morgan fingerprint density at radius 3 is 2.47 bits per heavy atom. The zero-order valence-electron chi connectivity index (χ0n) is 8.05. The van der Waals surface area contributed by atoms with Crippen molar-refractivity contribution in [3.8, 4) is 5.75 Å². The van der Waals surface area contributed by atoms with Crippen LogP contribution in [-0.2, 0) is 0 Å². The van der Waals surface area contributed by atoms with Crippen molar-refractivity contribution in [1.82, 2.24) is 0 Å². The van der Waals surface area contributed by atoms with Crippen LogP contribution in [0.4, 0.5) is 13.2 Å². The standard InChI is InChI=1S/C11H11F3O/c12-11(13,14)15-10-6-2-5-9(7-10)8-3-1-4-8/h2,5-8H,1,3-4H2. The second-order valence-electron chi connectivity index (χ2n) is 3.75. The third kappa shape index (κ3) is 2.64. The third-order valence-corrected chi connectivity index (χ3v) is 2.67. The van der Waals surface area contributed by atoms with Gasteiger partial charge in [-0.2, -0.15) is 0 Å². The summed E-state index contributed by atoms with van der Waals surface area (Å²) >= 11 is 0. The highest BCUT2D eigenvalue weighted by Gasteiger charge is 2.31. The molecule has 82 valence electrons. The van der Waals surface area contributed by atoms with Crippen molar-refractivity contribution in [2.24, 2.45) is 0 Å². The second kappa shape index (κ2) is 3.76. The van der Waals surface area contributed by atoms with Gasteiger partial charge in [0.05, 0.1) is 0 Å². The number of ether oxygens (including phenoxy) is 1. The topological polar surface area (TPSA) is 9.23 Å². The van der Waals surface area contributed by atoms with Crippen molar-refractivity contribution in [2.75, 3.05) is 0 Å². The average molecular weight is 216 g/mol. The number of hydrogen-bond donors (Lipinski definition) is 0. The fourth-order valence-electron chi connectivity index (χ4n) is 1.71. The predicted octanol–water partition coefficient (Wildman–Crippen LogP) is 3.85. The minimum absolute atomic E-state index is 0.119. The van der Waals surface area contributed by atoms with Gasteiger partial charge in [0, 0.05) is 0 Å². The Kier molecular flexibility index (Phi) is 2.59. The van der Waals surface area contributed by atoms with Crippen molar-refractivity contribution < 1.29 is 17.9 Å². The number of hydrogen-bond acceptors (Lipinski definition) is 1. The van der Waals surface area contributed by atoms with Crippen LogP contribution in [0.3, 0.4) is 0 Å². The van der Waals surface area contributed by atoms with Crippen LogP contribution in [0.2, 0.25) is 0 Å². The fraction of sp³-hybridized carbons (Fsp3) is 0.455. The summed E-state index contributed by atoms with van der Waals surface area (Å²) in [6.45, 7) is 0. The molecule has 0 saturated heterocycles. The molecule has 0 heterocycles. The highest BCUT2D eigenvalue weighted by atomic mass is 19.4. The van der Waals surface area contributed by atoms with Gasteiger partial charge in [0.25, 0.3) is 0 Å². The molecule has 0 atom stereocenters. The molecule has 0 unspecified atom stereocenters. The zero-order chi connectivity index (χ0) is 10.9. The molecular formula is C11H11F3O. The van der Waals surface area contributed by atoms with Crippen LogP contribution < -0.4 is 4.74 Å². The Balaban J connectivity index is 2.11. The van der Waals surface area contributed by atoms with E-state index in [-0.39, 0.29) is 5.75 Å². The first-order chi connectivity index (χ1) is 7.04. The molecule has 1 aromatic rings. The van der Waals surface area contributed by atoms with Crippen LogP contribution in [0.5, 0.6) is 5.75 Å². The van der Waals surface area contributed by atoms with Crippen LogP contribution in [0.15, 0.2) is 24.3 Å². The van der Waals surface area contributed by atoms with Gasteiger partial charge in [-0.05, 0) is 36.5 Å². The summed E-state index contributed by atoms with van der Waals surface area (Å²) in [5.74, 6) is 0.300. The fourth-order valence-corrected chi connectivity index (χ4v) is 1.71. The molecule has 4 heteroatoms. The van der Waals surface area contributed by atoms with Gasteiger partial charge in [0.1, 0.15) is 5.75 Å². The van der Waals surface area contributed by atoms with Gasteiger partial charge in [-0.1, -0.05) is 18.6 Å². The molecule has 0 amide bonds. The van der Waals surface area contributed by atoms with Crippen LogP contribution >= 0.6 is 0 Å². The lowest BCUT2D eigenvalue weighted by Crippen LogP contribution is -2.17. The average Bonchev–Trinajstić information content (AvgIpc) is 1.97. The Labute approximate surface area is 85.9 Å². The summed E-state index contributed by atoms with van der Waals surface area (Å²) in [7, 11) is 0. The number of rotatable bonds is 2. The van der Waals surface area contributed by atoms with E-state index in [1.807, 2.05) is 6.07 Å². The Hall–Kier alpha value is -1.19. The minimum atomic E-state index is -4.60. The summed E-state index contributed by atoms with van der Waals surface area (Å²) in [6.07, 6.45) is -1.31. The van der Waals surface area contributed by atoms with Crippen LogP contribution in [-0.4, -0.2) is 6.36 Å². The Morgan fingerprint density at radius 1 is 1.20 bits per heavy atom. The summed E-state index contributed by atoms with van der Waals surface area (Å²) in [6, 6.07) is 6.27. The second-order valence-corrected chi connectivity index (χ2v) is 3.75. The van der Waals surface area contributed by atoms with Gasteiger partial charge in [-0.3, -0.25) is 0 Å². The van der Waals surface area contributed by atoms with Crippen molar-refractivity contribution >= 4 is 0 Å². The van der Waals surface area contributed by atoms with Gasteiger partial charge >= 0.3 is 6.36 Å². The van der Waals surface area contributed by atoms with Crippen LogP contribution in [0.25, 0.3) is 0 Å². The molecule has 0 radical (unpaired) electrons. The quantitative estimate of drug-likeness (QED) is 0.729. The van der Waals surface area contributed by atoms with E-state index in [0.29, 0.717) is 5.92 Å². The van der Waals surface area contributed by atoms with E-state index in [9.17, 15) is 13.2 Å². The first-order valence-electron chi connectivity index (χ1n) is 4.90. The maximum Gasteiger partial charge on any atom is 0.573 e. The van der Waals surface area contributed by atoms with Crippen molar-refractivity contribution in [1.29, 1.82) is 0 Å². The highest BCUT2D eigenvalue weighted by molar-refractivity contribution is 5.31. The molecule has 0 aromatic heterocycles. The molecule has 1 nitrogen and oxygen atoms in total. The summed E-state index contributed by atoms with van der Waals surface area (Å²) in [5, 5.41) is 0. The lowest BCUT2D eigenvalue weighted by Gasteiger charge is -2.26. The SMILES string of the molecule is FC(F)(F)Oc1cccc(C2CCC2)c1. The van der Waals surface area contributed by atoms with E-state index in [1.54, 1.807) is 6.07 Å². The molecule has 0 bridgehead atoms. The molecule has 0 aliphatic heterocycles. The maximum absolute atomic E-state index is 11.9. The van der Waals surface area contributed by atoms with E-state index in [0.717, 1.165) is 24.8 Å². The first kappa shape index (κ1) is 10.3. The molecule has 1 aliphatic carbocycles. The Bertz CT molecular complexity index is 342. The predicted molar refractivity (Wildman–Crippen MR) is 49.7 cm³/mol. The third-order valence-electron chi connectivity index (χ3n) is 2.67. The molecule has 15 heavy (non-hydrogen) atoms. The molecule has 1 aliphatic rings. The normalized spacial score (nSPS) is 17.3.